The Bertz CT molecular complexity index is 332. The lowest BCUT2D eigenvalue weighted by molar-refractivity contribution is 0.139. The fourth-order valence-electron chi connectivity index (χ4n) is 2.35. The van der Waals surface area contributed by atoms with Crippen LogP contribution in [-0.2, 0) is 4.74 Å². The SMILES string of the molecule is COCC1CCN(c2ccccc2N)CC1. The van der Waals surface area contributed by atoms with Gasteiger partial charge >= 0.3 is 0 Å². The Labute approximate surface area is 97.2 Å². The molecule has 1 fully saturated rings. The Kier molecular flexibility index (Phi) is 3.67. The van der Waals surface area contributed by atoms with E-state index in [2.05, 4.69) is 11.0 Å². The number of hydrogen-bond acceptors (Lipinski definition) is 3. The van der Waals surface area contributed by atoms with E-state index >= 15 is 0 Å². The van der Waals surface area contributed by atoms with Crippen molar-refractivity contribution in [2.75, 3.05) is 37.4 Å². The van der Waals surface area contributed by atoms with Gasteiger partial charge in [-0.1, -0.05) is 12.1 Å². The zero-order valence-electron chi connectivity index (χ0n) is 9.86. The summed E-state index contributed by atoms with van der Waals surface area (Å²) in [7, 11) is 1.78. The topological polar surface area (TPSA) is 38.5 Å². The van der Waals surface area contributed by atoms with Gasteiger partial charge in [-0.15, -0.1) is 0 Å². The minimum absolute atomic E-state index is 0.714. The van der Waals surface area contributed by atoms with Crippen molar-refractivity contribution in [1.82, 2.24) is 0 Å². The highest BCUT2D eigenvalue weighted by atomic mass is 16.5. The number of nitrogen functional groups attached to an aromatic ring is 1. The molecule has 2 N–H and O–H groups in total. The molecule has 0 unspecified atom stereocenters. The lowest BCUT2D eigenvalue weighted by Crippen LogP contribution is -2.35. The van der Waals surface area contributed by atoms with E-state index in [9.17, 15) is 0 Å². The molecule has 0 saturated carbocycles. The van der Waals surface area contributed by atoms with Crippen LogP contribution < -0.4 is 10.6 Å². The third-order valence-corrected chi connectivity index (χ3v) is 3.29. The Balaban J connectivity index is 1.96. The molecule has 0 aliphatic carbocycles. The Morgan fingerprint density at radius 1 is 1.31 bits per heavy atom. The number of para-hydroxylation sites is 2. The summed E-state index contributed by atoms with van der Waals surface area (Å²) in [5, 5.41) is 0. The summed E-state index contributed by atoms with van der Waals surface area (Å²) < 4.78 is 5.20. The van der Waals surface area contributed by atoms with Gasteiger partial charge < -0.3 is 15.4 Å². The zero-order valence-corrected chi connectivity index (χ0v) is 9.86. The van der Waals surface area contributed by atoms with E-state index < -0.39 is 0 Å². The second-order valence-corrected chi connectivity index (χ2v) is 4.44. The highest BCUT2D eigenvalue weighted by molar-refractivity contribution is 5.67. The van der Waals surface area contributed by atoms with Crippen LogP contribution >= 0.6 is 0 Å². The number of ether oxygens (including phenoxy) is 1. The Morgan fingerprint density at radius 3 is 2.62 bits per heavy atom. The molecule has 1 aliphatic heterocycles. The van der Waals surface area contributed by atoms with Gasteiger partial charge in [-0.3, -0.25) is 0 Å². The van der Waals surface area contributed by atoms with Crippen LogP contribution in [0.4, 0.5) is 11.4 Å². The highest BCUT2D eigenvalue weighted by Crippen LogP contribution is 2.27. The van der Waals surface area contributed by atoms with Gasteiger partial charge in [0, 0.05) is 26.8 Å². The number of methoxy groups -OCH3 is 1. The molecule has 0 bridgehead atoms. The first kappa shape index (κ1) is 11.3. The molecule has 88 valence electrons. The van der Waals surface area contributed by atoms with E-state index in [0.717, 1.165) is 25.4 Å². The molecule has 1 heterocycles. The summed E-state index contributed by atoms with van der Waals surface area (Å²) in [6, 6.07) is 8.10. The van der Waals surface area contributed by atoms with E-state index in [1.165, 1.54) is 18.5 Å². The molecule has 1 aromatic carbocycles. The van der Waals surface area contributed by atoms with E-state index in [4.69, 9.17) is 10.5 Å². The van der Waals surface area contributed by atoms with Gasteiger partial charge in [0.1, 0.15) is 0 Å². The quantitative estimate of drug-likeness (QED) is 0.793. The summed E-state index contributed by atoms with van der Waals surface area (Å²) in [5.41, 5.74) is 8.04. The van der Waals surface area contributed by atoms with Crippen LogP contribution in [0, 0.1) is 5.92 Å². The van der Waals surface area contributed by atoms with E-state index in [1.807, 2.05) is 18.2 Å². The Morgan fingerprint density at radius 2 is 2.00 bits per heavy atom. The third kappa shape index (κ3) is 2.47. The van der Waals surface area contributed by atoms with Crippen molar-refractivity contribution < 1.29 is 4.74 Å². The maximum absolute atomic E-state index is 5.98. The van der Waals surface area contributed by atoms with Gasteiger partial charge in [0.2, 0.25) is 0 Å². The molecule has 1 saturated heterocycles. The maximum Gasteiger partial charge on any atom is 0.0599 e. The van der Waals surface area contributed by atoms with Crippen LogP contribution in [0.2, 0.25) is 0 Å². The maximum atomic E-state index is 5.98. The van der Waals surface area contributed by atoms with E-state index in [-0.39, 0.29) is 0 Å². The van der Waals surface area contributed by atoms with Gasteiger partial charge in [0.25, 0.3) is 0 Å². The average molecular weight is 220 g/mol. The number of piperidine rings is 1. The minimum atomic E-state index is 0.714. The van der Waals surface area contributed by atoms with E-state index in [1.54, 1.807) is 7.11 Å². The van der Waals surface area contributed by atoms with Crippen molar-refractivity contribution >= 4 is 11.4 Å². The number of rotatable bonds is 3. The summed E-state index contributed by atoms with van der Waals surface area (Å²) in [5.74, 6) is 0.714. The minimum Gasteiger partial charge on any atom is -0.397 e. The molecule has 1 aliphatic rings. The van der Waals surface area contributed by atoms with Crippen molar-refractivity contribution in [3.8, 4) is 0 Å². The molecule has 3 nitrogen and oxygen atoms in total. The molecule has 3 heteroatoms. The summed E-state index contributed by atoms with van der Waals surface area (Å²) in [6.07, 6.45) is 2.39. The van der Waals surface area contributed by atoms with Crippen molar-refractivity contribution in [2.24, 2.45) is 5.92 Å². The van der Waals surface area contributed by atoms with Crippen molar-refractivity contribution in [3.05, 3.63) is 24.3 Å². The summed E-state index contributed by atoms with van der Waals surface area (Å²) in [4.78, 5) is 2.38. The summed E-state index contributed by atoms with van der Waals surface area (Å²) in [6.45, 7) is 3.06. The van der Waals surface area contributed by atoms with Crippen LogP contribution in [0.25, 0.3) is 0 Å². The monoisotopic (exact) mass is 220 g/mol. The molecule has 0 spiro atoms. The summed E-state index contributed by atoms with van der Waals surface area (Å²) >= 11 is 0. The number of nitrogens with zero attached hydrogens (tertiary/aromatic N) is 1. The zero-order chi connectivity index (χ0) is 11.4. The van der Waals surface area contributed by atoms with Gasteiger partial charge in [0.15, 0.2) is 0 Å². The van der Waals surface area contributed by atoms with Crippen LogP contribution in [0.5, 0.6) is 0 Å². The normalized spacial score (nSPS) is 17.7. The predicted molar refractivity (Wildman–Crippen MR) is 67.7 cm³/mol. The lowest BCUT2D eigenvalue weighted by Gasteiger charge is -2.33. The van der Waals surface area contributed by atoms with Crippen LogP contribution in [0.1, 0.15) is 12.8 Å². The van der Waals surface area contributed by atoms with Crippen LogP contribution in [0.15, 0.2) is 24.3 Å². The fraction of sp³-hybridized carbons (Fsp3) is 0.538. The number of nitrogens with two attached hydrogens (primary N) is 1. The number of hydrogen-bond donors (Lipinski definition) is 1. The molecule has 1 aromatic rings. The first-order valence-electron chi connectivity index (χ1n) is 5.89. The lowest BCUT2D eigenvalue weighted by atomic mass is 9.97. The standard InChI is InChI=1S/C13H20N2O/c1-16-10-11-6-8-15(9-7-11)13-5-3-2-4-12(13)14/h2-5,11H,6-10,14H2,1H3. The van der Waals surface area contributed by atoms with Crippen LogP contribution in [0.3, 0.4) is 0 Å². The first-order chi connectivity index (χ1) is 7.81. The molecule has 0 atom stereocenters. The molecule has 0 aromatic heterocycles. The second kappa shape index (κ2) is 5.21. The van der Waals surface area contributed by atoms with Crippen molar-refractivity contribution in [3.63, 3.8) is 0 Å². The first-order valence-corrected chi connectivity index (χ1v) is 5.89. The fourth-order valence-corrected chi connectivity index (χ4v) is 2.35. The molecule has 16 heavy (non-hydrogen) atoms. The predicted octanol–water partition coefficient (Wildman–Crippen LogP) is 2.13. The second-order valence-electron chi connectivity index (χ2n) is 4.44. The number of benzene rings is 1. The average Bonchev–Trinajstić information content (AvgIpc) is 2.31. The van der Waals surface area contributed by atoms with Gasteiger partial charge in [-0.25, -0.2) is 0 Å². The molecular weight excluding hydrogens is 200 g/mol. The molecule has 0 amide bonds. The van der Waals surface area contributed by atoms with Gasteiger partial charge in [0.05, 0.1) is 11.4 Å². The molecule has 0 radical (unpaired) electrons. The van der Waals surface area contributed by atoms with Crippen molar-refractivity contribution in [1.29, 1.82) is 0 Å². The van der Waals surface area contributed by atoms with Crippen molar-refractivity contribution in [2.45, 2.75) is 12.8 Å². The highest BCUT2D eigenvalue weighted by Gasteiger charge is 2.20. The molecule has 2 rings (SSSR count). The van der Waals surface area contributed by atoms with Gasteiger partial charge in [-0.05, 0) is 30.9 Å². The Hall–Kier alpha value is -1.22. The van der Waals surface area contributed by atoms with Gasteiger partial charge in [-0.2, -0.15) is 0 Å². The number of anilines is 2. The smallest absolute Gasteiger partial charge is 0.0599 e. The van der Waals surface area contributed by atoms with E-state index in [0.29, 0.717) is 5.92 Å². The van der Waals surface area contributed by atoms with Crippen LogP contribution in [-0.4, -0.2) is 26.8 Å². The largest absolute Gasteiger partial charge is 0.397 e. The third-order valence-electron chi connectivity index (χ3n) is 3.29. The molecular formula is C13H20N2O.